The molecular weight excluding hydrogens is 411 g/mol. The summed E-state index contributed by atoms with van der Waals surface area (Å²) in [6, 6.07) is 11.7. The molecule has 0 saturated heterocycles. The zero-order valence-corrected chi connectivity index (χ0v) is 18.0. The predicted molar refractivity (Wildman–Crippen MR) is 116 cm³/mol. The van der Waals surface area contributed by atoms with Crippen molar-refractivity contribution in [1.82, 2.24) is 0 Å². The molecule has 0 radical (unpaired) electrons. The number of ether oxygens (including phenoxy) is 1. The van der Waals surface area contributed by atoms with Crippen LogP contribution in [0, 0.1) is 5.92 Å². The lowest BCUT2D eigenvalue weighted by atomic mass is 9.99. The minimum Gasteiger partial charge on any atom is -0.469 e. The van der Waals surface area contributed by atoms with E-state index in [2.05, 4.69) is 0 Å². The molecule has 29 heavy (non-hydrogen) atoms. The summed E-state index contributed by atoms with van der Waals surface area (Å²) >= 11 is 12.7. The SMILES string of the molecule is COC(=O)C[C@H]1N=C(c2ccccc2Cl)c2cc(Cl)ccc2N(CC(C)C)C1=O. The zero-order chi connectivity index (χ0) is 21.1. The maximum Gasteiger partial charge on any atom is 0.308 e. The van der Waals surface area contributed by atoms with E-state index in [4.69, 9.17) is 32.9 Å². The van der Waals surface area contributed by atoms with Crippen molar-refractivity contribution in [3.63, 3.8) is 0 Å². The summed E-state index contributed by atoms with van der Waals surface area (Å²) in [5.74, 6) is -0.545. The van der Waals surface area contributed by atoms with Crippen LogP contribution in [0.25, 0.3) is 0 Å². The molecule has 0 spiro atoms. The van der Waals surface area contributed by atoms with Crippen LogP contribution in [0.4, 0.5) is 5.69 Å². The summed E-state index contributed by atoms with van der Waals surface area (Å²) < 4.78 is 4.79. The van der Waals surface area contributed by atoms with Gasteiger partial charge >= 0.3 is 5.97 Å². The molecule has 0 N–H and O–H groups in total. The summed E-state index contributed by atoms with van der Waals surface area (Å²) in [5.41, 5.74) is 2.60. The Labute approximate surface area is 180 Å². The Hall–Kier alpha value is -2.37. The van der Waals surface area contributed by atoms with Gasteiger partial charge < -0.3 is 9.64 Å². The maximum atomic E-state index is 13.4. The van der Waals surface area contributed by atoms with Gasteiger partial charge in [-0.2, -0.15) is 0 Å². The van der Waals surface area contributed by atoms with Crippen molar-refractivity contribution >= 4 is 46.5 Å². The molecule has 5 nitrogen and oxygen atoms in total. The average Bonchev–Trinajstić information content (AvgIpc) is 2.78. The van der Waals surface area contributed by atoms with Gasteiger partial charge in [0.2, 0.25) is 0 Å². The topological polar surface area (TPSA) is 59.0 Å². The first kappa shape index (κ1) is 21.3. The van der Waals surface area contributed by atoms with Crippen molar-refractivity contribution in [2.75, 3.05) is 18.6 Å². The highest BCUT2D eigenvalue weighted by Crippen LogP contribution is 2.33. The first-order valence-electron chi connectivity index (χ1n) is 9.32. The number of methoxy groups -OCH3 is 1. The number of anilines is 1. The predicted octanol–water partition coefficient (Wildman–Crippen LogP) is 4.77. The summed E-state index contributed by atoms with van der Waals surface area (Å²) in [5, 5.41) is 1.02. The lowest BCUT2D eigenvalue weighted by Crippen LogP contribution is -2.41. The molecule has 0 aromatic heterocycles. The van der Waals surface area contributed by atoms with E-state index in [0.717, 1.165) is 0 Å². The molecule has 1 aliphatic heterocycles. The fourth-order valence-electron chi connectivity index (χ4n) is 3.31. The molecule has 0 bridgehead atoms. The fraction of sp³-hybridized carbons (Fsp3) is 0.318. The molecular formula is C22H22Cl2N2O3. The van der Waals surface area contributed by atoms with E-state index >= 15 is 0 Å². The minimum atomic E-state index is -0.918. The maximum absolute atomic E-state index is 13.4. The van der Waals surface area contributed by atoms with E-state index in [1.807, 2.05) is 38.1 Å². The number of benzene rings is 2. The van der Waals surface area contributed by atoms with Gasteiger partial charge in [-0.3, -0.25) is 14.6 Å². The van der Waals surface area contributed by atoms with Gasteiger partial charge in [-0.05, 0) is 30.2 Å². The number of nitrogens with zero attached hydrogens (tertiary/aromatic N) is 2. The molecule has 1 aliphatic rings. The molecule has 3 rings (SSSR count). The Morgan fingerprint density at radius 2 is 1.90 bits per heavy atom. The van der Waals surface area contributed by atoms with Gasteiger partial charge in [0.15, 0.2) is 0 Å². The molecule has 1 atom stereocenters. The van der Waals surface area contributed by atoms with E-state index in [1.165, 1.54) is 7.11 Å². The number of aliphatic imine (C=N–C) groups is 1. The Morgan fingerprint density at radius 1 is 1.17 bits per heavy atom. The molecule has 0 saturated carbocycles. The van der Waals surface area contributed by atoms with Gasteiger partial charge in [0.05, 0.1) is 24.9 Å². The summed E-state index contributed by atoms with van der Waals surface area (Å²) in [4.78, 5) is 31.8. The smallest absolute Gasteiger partial charge is 0.308 e. The average molecular weight is 433 g/mol. The molecule has 0 aliphatic carbocycles. The second-order valence-electron chi connectivity index (χ2n) is 7.26. The Bertz CT molecular complexity index is 972. The van der Waals surface area contributed by atoms with E-state index in [9.17, 15) is 9.59 Å². The van der Waals surface area contributed by atoms with Crippen molar-refractivity contribution in [2.24, 2.45) is 10.9 Å². The lowest BCUT2D eigenvalue weighted by molar-refractivity contribution is -0.142. The first-order valence-corrected chi connectivity index (χ1v) is 10.1. The fourth-order valence-corrected chi connectivity index (χ4v) is 3.71. The third kappa shape index (κ3) is 4.62. The molecule has 2 aromatic rings. The van der Waals surface area contributed by atoms with Crippen LogP contribution in [-0.4, -0.2) is 37.3 Å². The van der Waals surface area contributed by atoms with E-state index in [0.29, 0.717) is 39.1 Å². The number of benzodiazepines with no additional fused rings is 1. The van der Waals surface area contributed by atoms with Crippen molar-refractivity contribution < 1.29 is 14.3 Å². The standard InChI is InChI=1S/C22H22Cl2N2O3/c1-13(2)12-26-19-9-8-14(23)10-16(19)21(15-6-4-5-7-17(15)24)25-18(22(26)28)11-20(27)29-3/h4-10,13,18H,11-12H2,1-3H3/t18-/m1/s1. The number of fused-ring (bicyclic) bond motifs is 1. The monoisotopic (exact) mass is 432 g/mol. The van der Waals surface area contributed by atoms with Gasteiger partial charge in [0.25, 0.3) is 5.91 Å². The number of amides is 1. The number of hydrogen-bond donors (Lipinski definition) is 0. The minimum absolute atomic E-state index is 0.153. The highest BCUT2D eigenvalue weighted by atomic mass is 35.5. The van der Waals surface area contributed by atoms with Crippen LogP contribution < -0.4 is 4.90 Å². The van der Waals surface area contributed by atoms with Crippen LogP contribution in [0.2, 0.25) is 10.0 Å². The summed E-state index contributed by atoms with van der Waals surface area (Å²) in [6.45, 7) is 4.54. The molecule has 0 fully saturated rings. The van der Waals surface area contributed by atoms with Crippen molar-refractivity contribution in [3.05, 3.63) is 63.6 Å². The number of hydrogen-bond acceptors (Lipinski definition) is 4. The molecule has 1 heterocycles. The molecule has 7 heteroatoms. The van der Waals surface area contributed by atoms with Gasteiger partial charge in [-0.1, -0.05) is 55.2 Å². The van der Waals surface area contributed by atoms with Crippen LogP contribution >= 0.6 is 23.2 Å². The highest BCUT2D eigenvalue weighted by molar-refractivity contribution is 6.37. The number of carbonyl (C=O) groups excluding carboxylic acids is 2. The van der Waals surface area contributed by atoms with Crippen LogP contribution in [0.3, 0.4) is 0 Å². The number of carbonyl (C=O) groups is 2. The van der Waals surface area contributed by atoms with Gasteiger partial charge in [0.1, 0.15) is 6.04 Å². The Kier molecular flexibility index (Phi) is 6.60. The largest absolute Gasteiger partial charge is 0.469 e. The van der Waals surface area contributed by atoms with Crippen LogP contribution in [0.1, 0.15) is 31.4 Å². The van der Waals surface area contributed by atoms with E-state index in [-0.39, 0.29) is 18.2 Å². The van der Waals surface area contributed by atoms with Gasteiger partial charge in [-0.25, -0.2) is 0 Å². The summed E-state index contributed by atoms with van der Waals surface area (Å²) in [6.07, 6.45) is -0.153. The molecule has 152 valence electrons. The summed E-state index contributed by atoms with van der Waals surface area (Å²) in [7, 11) is 1.29. The van der Waals surface area contributed by atoms with Gasteiger partial charge in [-0.15, -0.1) is 0 Å². The van der Waals surface area contributed by atoms with Crippen LogP contribution in [-0.2, 0) is 14.3 Å². The van der Waals surface area contributed by atoms with Crippen molar-refractivity contribution in [1.29, 1.82) is 0 Å². The number of halogens is 2. The number of esters is 1. The second kappa shape index (κ2) is 8.97. The lowest BCUT2D eigenvalue weighted by Gasteiger charge is -2.26. The zero-order valence-electron chi connectivity index (χ0n) is 16.5. The second-order valence-corrected chi connectivity index (χ2v) is 8.10. The highest BCUT2D eigenvalue weighted by Gasteiger charge is 2.34. The number of rotatable bonds is 5. The Balaban J connectivity index is 2.26. The van der Waals surface area contributed by atoms with Crippen LogP contribution in [0.5, 0.6) is 0 Å². The van der Waals surface area contributed by atoms with Gasteiger partial charge in [0, 0.05) is 27.7 Å². The van der Waals surface area contributed by atoms with Crippen LogP contribution in [0.15, 0.2) is 47.5 Å². The third-order valence-electron chi connectivity index (χ3n) is 4.60. The van der Waals surface area contributed by atoms with Crippen molar-refractivity contribution in [2.45, 2.75) is 26.3 Å². The normalized spacial score (nSPS) is 16.3. The molecule has 0 unspecified atom stereocenters. The van der Waals surface area contributed by atoms with E-state index in [1.54, 1.807) is 23.1 Å². The quantitative estimate of drug-likeness (QED) is 0.639. The molecule has 2 aromatic carbocycles. The first-order chi connectivity index (χ1) is 13.8. The third-order valence-corrected chi connectivity index (χ3v) is 5.17. The molecule has 1 amide bonds. The van der Waals surface area contributed by atoms with Crippen molar-refractivity contribution in [3.8, 4) is 0 Å². The Morgan fingerprint density at radius 3 is 2.55 bits per heavy atom. The van der Waals surface area contributed by atoms with E-state index < -0.39 is 12.0 Å².